The van der Waals surface area contributed by atoms with Crippen LogP contribution in [0.25, 0.3) is 0 Å². The minimum Gasteiger partial charge on any atom is -0.394 e. The van der Waals surface area contributed by atoms with Crippen LogP contribution in [0.2, 0.25) is 0 Å². The van der Waals surface area contributed by atoms with E-state index in [9.17, 15) is 24.9 Å². The van der Waals surface area contributed by atoms with Gasteiger partial charge in [-0.05, 0) is 19.3 Å². The highest BCUT2D eigenvalue weighted by molar-refractivity contribution is 5.77. The molecule has 1 saturated heterocycles. The zero-order valence-corrected chi connectivity index (χ0v) is 37.3. The van der Waals surface area contributed by atoms with Crippen molar-refractivity contribution in [3.8, 4) is 0 Å². The Morgan fingerprint density at radius 2 is 0.821 bits per heavy atom. The van der Waals surface area contributed by atoms with Gasteiger partial charge in [-0.15, -0.1) is 0 Å². The molecule has 56 heavy (non-hydrogen) atoms. The maximum absolute atomic E-state index is 13.7. The monoisotopic (exact) mass is 795 g/mol. The smallest absolute Gasteiger partial charge is 0.224 e. The lowest BCUT2D eigenvalue weighted by Gasteiger charge is -2.46. The average molecular weight is 795 g/mol. The zero-order valence-electron chi connectivity index (χ0n) is 37.3. The van der Waals surface area contributed by atoms with E-state index in [0.29, 0.717) is 19.4 Å². The summed E-state index contributed by atoms with van der Waals surface area (Å²) >= 11 is 0. The molecule has 0 spiro atoms. The van der Waals surface area contributed by atoms with E-state index in [4.69, 9.17) is 4.74 Å². The Hall–Kier alpha value is -1.22. The first-order chi connectivity index (χ1) is 27.4. The van der Waals surface area contributed by atoms with Crippen molar-refractivity contribution in [1.29, 1.82) is 0 Å². The number of hydrogen-bond acceptors (Lipinski definition) is 6. The Labute approximate surface area is 346 Å². The summed E-state index contributed by atoms with van der Waals surface area (Å²) in [5.41, 5.74) is 0. The van der Waals surface area contributed by atoms with Gasteiger partial charge in [0, 0.05) is 19.4 Å². The average Bonchev–Trinajstić information content (AvgIpc) is 3.20. The minimum absolute atomic E-state index is 0.0744. The van der Waals surface area contributed by atoms with Crippen molar-refractivity contribution in [2.75, 3.05) is 13.2 Å². The highest BCUT2D eigenvalue weighted by Gasteiger charge is 2.47. The molecular weight excluding hydrogens is 701 g/mol. The van der Waals surface area contributed by atoms with Gasteiger partial charge in [-0.1, -0.05) is 220 Å². The number of unbranched alkanes of at least 4 members (excludes halogenated alkanes) is 31. The van der Waals surface area contributed by atoms with Gasteiger partial charge in [0.15, 0.2) is 6.23 Å². The summed E-state index contributed by atoms with van der Waals surface area (Å²) in [6.07, 6.45) is 37.2. The van der Waals surface area contributed by atoms with Crippen LogP contribution in [-0.2, 0) is 14.3 Å². The molecule has 1 rings (SSSR count). The van der Waals surface area contributed by atoms with Crippen molar-refractivity contribution < 1.29 is 29.6 Å². The van der Waals surface area contributed by atoms with E-state index in [1.54, 1.807) is 4.90 Å². The molecule has 0 radical (unpaired) electrons. The second-order valence-corrected chi connectivity index (χ2v) is 17.4. The van der Waals surface area contributed by atoms with Crippen LogP contribution < -0.4 is 5.32 Å². The van der Waals surface area contributed by atoms with Gasteiger partial charge in [0.1, 0.15) is 18.3 Å². The molecule has 0 aromatic carbocycles. The molecular formula is C48H94N2O6. The number of hydrogen-bond donors (Lipinski definition) is 4. The van der Waals surface area contributed by atoms with E-state index in [-0.39, 0.29) is 11.8 Å². The Morgan fingerprint density at radius 3 is 1.20 bits per heavy atom. The van der Waals surface area contributed by atoms with E-state index in [1.807, 2.05) is 0 Å². The molecule has 1 heterocycles. The van der Waals surface area contributed by atoms with Gasteiger partial charge in [-0.25, -0.2) is 0 Å². The summed E-state index contributed by atoms with van der Waals surface area (Å²) in [5, 5.41) is 35.8. The normalized spacial score (nSPS) is 19.7. The molecule has 4 N–H and O–H groups in total. The van der Waals surface area contributed by atoms with E-state index >= 15 is 0 Å². The number of ether oxygens (including phenoxy) is 1. The molecule has 8 nitrogen and oxygen atoms in total. The SMILES string of the molecule is CCCCCCCCCCCCCCCCCCN(C(=O)CCCCCCCCCCC)C1O[C@H](CO)[C@@H](NC(=O)CCCCCCCCCCC)[C@H](O)[C@H]1O. The van der Waals surface area contributed by atoms with Gasteiger partial charge in [-0.3, -0.25) is 9.59 Å². The number of nitrogens with zero attached hydrogens (tertiary/aromatic N) is 1. The molecule has 0 aromatic heterocycles. The van der Waals surface area contributed by atoms with E-state index in [2.05, 4.69) is 26.1 Å². The van der Waals surface area contributed by atoms with Crippen molar-refractivity contribution in [2.45, 2.75) is 283 Å². The van der Waals surface area contributed by atoms with E-state index in [0.717, 1.165) is 57.8 Å². The van der Waals surface area contributed by atoms with Crippen LogP contribution in [0.15, 0.2) is 0 Å². The first-order valence-corrected chi connectivity index (χ1v) is 24.6. The third kappa shape index (κ3) is 26.7. The quantitative estimate of drug-likeness (QED) is 0.0459. The van der Waals surface area contributed by atoms with Gasteiger partial charge >= 0.3 is 0 Å². The fourth-order valence-electron chi connectivity index (χ4n) is 8.35. The molecule has 1 aliphatic rings. The summed E-state index contributed by atoms with van der Waals surface area (Å²) in [6, 6.07) is -0.942. The van der Waals surface area contributed by atoms with Crippen LogP contribution in [0.4, 0.5) is 0 Å². The van der Waals surface area contributed by atoms with Gasteiger partial charge in [-0.2, -0.15) is 0 Å². The highest BCUT2D eigenvalue weighted by Crippen LogP contribution is 2.26. The molecule has 2 amide bonds. The van der Waals surface area contributed by atoms with Gasteiger partial charge < -0.3 is 30.3 Å². The summed E-state index contributed by atoms with van der Waals surface area (Å²) < 4.78 is 6.21. The van der Waals surface area contributed by atoms with Crippen LogP contribution in [0.1, 0.15) is 252 Å². The molecule has 0 bridgehead atoms. The van der Waals surface area contributed by atoms with Crippen molar-refractivity contribution in [2.24, 2.45) is 0 Å². The van der Waals surface area contributed by atoms with Crippen LogP contribution >= 0.6 is 0 Å². The lowest BCUT2D eigenvalue weighted by atomic mass is 9.94. The van der Waals surface area contributed by atoms with Gasteiger partial charge in [0.25, 0.3) is 0 Å². The van der Waals surface area contributed by atoms with Crippen molar-refractivity contribution in [1.82, 2.24) is 10.2 Å². The number of aliphatic hydroxyl groups is 3. The molecule has 5 atom stereocenters. The van der Waals surface area contributed by atoms with Crippen LogP contribution in [-0.4, -0.2) is 75.8 Å². The first kappa shape index (κ1) is 52.8. The lowest BCUT2D eigenvalue weighted by molar-refractivity contribution is -0.236. The molecule has 1 unspecified atom stereocenters. The van der Waals surface area contributed by atoms with Gasteiger partial charge in [0.05, 0.1) is 12.6 Å². The number of carbonyl (C=O) groups excluding carboxylic acids is 2. The first-order valence-electron chi connectivity index (χ1n) is 24.6. The number of rotatable bonds is 40. The number of amides is 2. The maximum Gasteiger partial charge on any atom is 0.224 e. The fourth-order valence-corrected chi connectivity index (χ4v) is 8.35. The topological polar surface area (TPSA) is 119 Å². The van der Waals surface area contributed by atoms with Crippen molar-refractivity contribution in [3.05, 3.63) is 0 Å². The summed E-state index contributed by atoms with van der Waals surface area (Å²) in [7, 11) is 0. The maximum atomic E-state index is 13.7. The second-order valence-electron chi connectivity index (χ2n) is 17.4. The summed E-state index contributed by atoms with van der Waals surface area (Å²) in [6.45, 7) is 6.75. The minimum atomic E-state index is -1.39. The molecule has 8 heteroatoms. The molecule has 1 aliphatic heterocycles. The van der Waals surface area contributed by atoms with Crippen molar-refractivity contribution in [3.63, 3.8) is 0 Å². The van der Waals surface area contributed by atoms with Crippen LogP contribution in [0, 0.1) is 0 Å². The molecule has 0 aliphatic carbocycles. The molecule has 332 valence electrons. The van der Waals surface area contributed by atoms with E-state index < -0.39 is 37.2 Å². The number of carbonyl (C=O) groups is 2. The zero-order chi connectivity index (χ0) is 40.9. The van der Waals surface area contributed by atoms with E-state index in [1.165, 1.54) is 161 Å². The molecule has 0 saturated carbocycles. The Balaban J connectivity index is 2.58. The van der Waals surface area contributed by atoms with Crippen LogP contribution in [0.3, 0.4) is 0 Å². The summed E-state index contributed by atoms with van der Waals surface area (Å²) in [4.78, 5) is 28.2. The fraction of sp³-hybridized carbons (Fsp3) is 0.958. The third-order valence-corrected chi connectivity index (χ3v) is 12.1. The third-order valence-electron chi connectivity index (χ3n) is 12.1. The van der Waals surface area contributed by atoms with Crippen LogP contribution in [0.5, 0.6) is 0 Å². The lowest BCUT2D eigenvalue weighted by Crippen LogP contribution is -2.68. The van der Waals surface area contributed by atoms with Gasteiger partial charge in [0.2, 0.25) is 11.8 Å². The van der Waals surface area contributed by atoms with Crippen molar-refractivity contribution >= 4 is 11.8 Å². The Morgan fingerprint density at radius 1 is 0.482 bits per heavy atom. The second kappa shape index (κ2) is 38.0. The Bertz CT molecular complexity index is 888. The predicted molar refractivity (Wildman–Crippen MR) is 235 cm³/mol. The number of aliphatic hydroxyl groups excluding tert-OH is 3. The molecule has 0 aromatic rings. The number of nitrogens with one attached hydrogen (secondary N) is 1. The Kier molecular flexibility index (Phi) is 35.8. The largest absolute Gasteiger partial charge is 0.394 e. The highest BCUT2D eigenvalue weighted by atomic mass is 16.5. The summed E-state index contributed by atoms with van der Waals surface area (Å²) in [5.74, 6) is -0.286. The predicted octanol–water partition coefficient (Wildman–Crippen LogP) is 11.8. The standard InChI is InChI=1S/C48H94N2O6/c1-4-7-10-13-16-19-20-21-22-23-24-25-28-31-34-37-40-50(44(53)39-36-33-30-27-18-15-12-9-6-3)48-47(55)46(54)45(42(41-51)56-48)49-43(52)38-35-32-29-26-17-14-11-8-5-2/h42,45-48,51,54-55H,4-41H2,1-3H3,(H,49,52)/t42-,45-,46+,47-,48?/m1/s1. The molecule has 1 fully saturated rings.